The summed E-state index contributed by atoms with van der Waals surface area (Å²) in [7, 11) is 0. The summed E-state index contributed by atoms with van der Waals surface area (Å²) in [5, 5.41) is 2.55. The maximum absolute atomic E-state index is 12.7. The molecule has 0 atom stereocenters. The molecule has 1 amide bonds. The maximum Gasteiger partial charge on any atom is 0.374 e. The van der Waals surface area contributed by atoms with Crippen molar-refractivity contribution in [3.63, 3.8) is 0 Å². The number of carbonyl (C=O) groups is 4. The minimum atomic E-state index is -0.754. The van der Waals surface area contributed by atoms with E-state index < -0.39 is 18.5 Å². The van der Waals surface area contributed by atoms with Crippen LogP contribution < -0.4 is 5.32 Å². The van der Waals surface area contributed by atoms with Crippen molar-refractivity contribution in [2.24, 2.45) is 0 Å². The van der Waals surface area contributed by atoms with Crippen molar-refractivity contribution in [1.82, 2.24) is 0 Å². The molecule has 0 bridgehead atoms. The lowest BCUT2D eigenvalue weighted by Crippen LogP contribution is -2.23. The largest absolute Gasteiger partial charge is 0.454 e. The standard InChI is InChI=1S/C22H15NO6/c1-12-6-9-18(29-12)22(27)28-11-19(24)23-13-7-8-16-17(10-13)21(26)15-5-3-2-4-14(15)20(16)25/h2-10H,11H2,1H3,(H,23,24). The molecule has 2 aromatic carbocycles. The van der Waals surface area contributed by atoms with Crippen LogP contribution in [-0.2, 0) is 9.53 Å². The molecule has 0 saturated heterocycles. The number of carbonyl (C=O) groups excluding carboxylic acids is 4. The molecule has 0 fully saturated rings. The van der Waals surface area contributed by atoms with E-state index in [1.807, 2.05) is 0 Å². The van der Waals surface area contributed by atoms with Crippen LogP contribution in [0, 0.1) is 6.92 Å². The molecular weight excluding hydrogens is 374 g/mol. The molecule has 0 aliphatic heterocycles. The predicted molar refractivity (Wildman–Crippen MR) is 102 cm³/mol. The molecule has 0 spiro atoms. The number of benzene rings is 2. The third kappa shape index (κ3) is 3.45. The van der Waals surface area contributed by atoms with Crippen molar-refractivity contribution in [1.29, 1.82) is 0 Å². The fraction of sp³-hybridized carbons (Fsp3) is 0.0909. The number of furan rings is 1. The molecule has 4 rings (SSSR count). The summed E-state index contributed by atoms with van der Waals surface area (Å²) in [5.74, 6) is -1.31. The molecule has 1 heterocycles. The van der Waals surface area contributed by atoms with Gasteiger partial charge in [-0.05, 0) is 37.3 Å². The molecule has 144 valence electrons. The van der Waals surface area contributed by atoms with Gasteiger partial charge in [0.15, 0.2) is 18.2 Å². The van der Waals surface area contributed by atoms with Crippen molar-refractivity contribution in [2.75, 3.05) is 11.9 Å². The third-order valence-electron chi connectivity index (χ3n) is 4.48. The Hall–Kier alpha value is -4.00. The monoisotopic (exact) mass is 389 g/mol. The minimum Gasteiger partial charge on any atom is -0.454 e. The molecular formula is C22H15NO6. The molecule has 7 nitrogen and oxygen atoms in total. The van der Waals surface area contributed by atoms with Crippen LogP contribution in [0.3, 0.4) is 0 Å². The van der Waals surface area contributed by atoms with E-state index in [0.29, 0.717) is 22.6 Å². The van der Waals surface area contributed by atoms with Crippen LogP contribution in [0.2, 0.25) is 0 Å². The van der Waals surface area contributed by atoms with E-state index in [-0.39, 0.29) is 28.5 Å². The Labute approximate surface area is 165 Å². The van der Waals surface area contributed by atoms with Gasteiger partial charge in [0.1, 0.15) is 5.76 Å². The number of ketones is 2. The highest BCUT2D eigenvalue weighted by atomic mass is 16.5. The Morgan fingerprint density at radius 1 is 0.897 bits per heavy atom. The molecule has 0 unspecified atom stereocenters. The number of esters is 1. The van der Waals surface area contributed by atoms with Crippen LogP contribution in [-0.4, -0.2) is 30.0 Å². The van der Waals surface area contributed by atoms with Gasteiger partial charge < -0.3 is 14.5 Å². The number of fused-ring (bicyclic) bond motifs is 2. The molecule has 29 heavy (non-hydrogen) atoms. The van der Waals surface area contributed by atoms with E-state index in [0.717, 1.165) is 0 Å². The number of nitrogens with one attached hydrogen (secondary N) is 1. The normalized spacial score (nSPS) is 12.2. The van der Waals surface area contributed by atoms with E-state index >= 15 is 0 Å². The minimum absolute atomic E-state index is 0.00635. The van der Waals surface area contributed by atoms with Crippen LogP contribution in [0.1, 0.15) is 48.2 Å². The van der Waals surface area contributed by atoms with Crippen molar-refractivity contribution in [3.05, 3.63) is 88.4 Å². The van der Waals surface area contributed by atoms with Gasteiger partial charge in [-0.1, -0.05) is 24.3 Å². The van der Waals surface area contributed by atoms with Crippen molar-refractivity contribution in [3.8, 4) is 0 Å². The second-order valence-electron chi connectivity index (χ2n) is 6.50. The molecule has 1 aromatic heterocycles. The molecule has 1 aliphatic rings. The fourth-order valence-electron chi connectivity index (χ4n) is 3.12. The smallest absolute Gasteiger partial charge is 0.374 e. The summed E-state index contributed by atoms with van der Waals surface area (Å²) in [6.45, 7) is 1.16. The molecule has 3 aromatic rings. The van der Waals surface area contributed by atoms with Gasteiger partial charge in [0.2, 0.25) is 5.76 Å². The predicted octanol–water partition coefficient (Wildman–Crippen LogP) is 3.16. The van der Waals surface area contributed by atoms with Gasteiger partial charge in [0.25, 0.3) is 5.91 Å². The van der Waals surface area contributed by atoms with Gasteiger partial charge >= 0.3 is 5.97 Å². The number of rotatable bonds is 4. The highest BCUT2D eigenvalue weighted by Crippen LogP contribution is 2.29. The van der Waals surface area contributed by atoms with Gasteiger partial charge in [0, 0.05) is 27.9 Å². The zero-order chi connectivity index (χ0) is 20.5. The zero-order valence-corrected chi connectivity index (χ0v) is 15.4. The highest BCUT2D eigenvalue weighted by Gasteiger charge is 2.29. The average Bonchev–Trinajstić information content (AvgIpc) is 3.16. The first-order chi connectivity index (χ1) is 13.9. The summed E-state index contributed by atoms with van der Waals surface area (Å²) < 4.78 is 10.0. The van der Waals surface area contributed by atoms with Crippen LogP contribution in [0.25, 0.3) is 0 Å². The number of ether oxygens (including phenoxy) is 1. The highest BCUT2D eigenvalue weighted by molar-refractivity contribution is 6.28. The maximum atomic E-state index is 12.7. The Bertz CT molecular complexity index is 1170. The molecule has 0 radical (unpaired) electrons. The van der Waals surface area contributed by atoms with Gasteiger partial charge in [-0.3, -0.25) is 14.4 Å². The lowest BCUT2D eigenvalue weighted by atomic mass is 9.84. The summed E-state index contributed by atoms with van der Waals surface area (Å²) in [5.41, 5.74) is 1.51. The molecule has 7 heteroatoms. The van der Waals surface area contributed by atoms with Gasteiger partial charge in [-0.2, -0.15) is 0 Å². The third-order valence-corrected chi connectivity index (χ3v) is 4.48. The first-order valence-corrected chi connectivity index (χ1v) is 8.80. The van der Waals surface area contributed by atoms with E-state index in [1.165, 1.54) is 24.3 Å². The molecule has 1 N–H and O–H groups in total. The fourth-order valence-corrected chi connectivity index (χ4v) is 3.12. The lowest BCUT2D eigenvalue weighted by Gasteiger charge is -2.18. The molecule has 1 aliphatic carbocycles. The van der Waals surface area contributed by atoms with Crippen LogP contribution >= 0.6 is 0 Å². The Balaban J connectivity index is 1.47. The summed E-state index contributed by atoms with van der Waals surface area (Å²) in [4.78, 5) is 49.2. The van der Waals surface area contributed by atoms with Crippen molar-refractivity contribution in [2.45, 2.75) is 6.92 Å². The SMILES string of the molecule is Cc1ccc(C(=O)OCC(=O)Nc2ccc3c(c2)C(=O)c2ccccc2C3=O)o1. The Kier molecular flexibility index (Phi) is 4.56. The van der Waals surface area contributed by atoms with E-state index in [2.05, 4.69) is 5.32 Å². The van der Waals surface area contributed by atoms with E-state index in [1.54, 1.807) is 37.3 Å². The Morgan fingerprint density at radius 2 is 1.55 bits per heavy atom. The van der Waals surface area contributed by atoms with Gasteiger partial charge in [0.05, 0.1) is 0 Å². The van der Waals surface area contributed by atoms with Crippen molar-refractivity contribution >= 4 is 29.1 Å². The van der Waals surface area contributed by atoms with E-state index in [9.17, 15) is 19.2 Å². The number of hydrogen-bond acceptors (Lipinski definition) is 6. The van der Waals surface area contributed by atoms with Crippen LogP contribution in [0.4, 0.5) is 5.69 Å². The zero-order valence-electron chi connectivity index (χ0n) is 15.4. The summed E-state index contributed by atoms with van der Waals surface area (Å²) in [6, 6.07) is 14.1. The number of hydrogen-bond donors (Lipinski definition) is 1. The number of aryl methyl sites for hydroxylation is 1. The number of amides is 1. The van der Waals surface area contributed by atoms with E-state index in [4.69, 9.17) is 9.15 Å². The van der Waals surface area contributed by atoms with Gasteiger partial charge in [-0.15, -0.1) is 0 Å². The van der Waals surface area contributed by atoms with Crippen LogP contribution in [0.15, 0.2) is 59.0 Å². The first kappa shape index (κ1) is 18.4. The summed E-state index contributed by atoms with van der Waals surface area (Å²) in [6.07, 6.45) is 0. The Morgan fingerprint density at radius 3 is 2.21 bits per heavy atom. The van der Waals surface area contributed by atoms with Crippen molar-refractivity contribution < 1.29 is 28.3 Å². The van der Waals surface area contributed by atoms with Gasteiger partial charge in [-0.25, -0.2) is 4.79 Å². The second-order valence-corrected chi connectivity index (χ2v) is 6.50. The average molecular weight is 389 g/mol. The first-order valence-electron chi connectivity index (χ1n) is 8.80. The topological polar surface area (TPSA) is 103 Å². The molecule has 0 saturated carbocycles. The lowest BCUT2D eigenvalue weighted by molar-refractivity contribution is -0.119. The number of anilines is 1. The second kappa shape index (κ2) is 7.20. The summed E-state index contributed by atoms with van der Waals surface area (Å²) >= 11 is 0. The quantitative estimate of drug-likeness (QED) is 0.538. The van der Waals surface area contributed by atoms with Crippen LogP contribution in [0.5, 0.6) is 0 Å².